The SMILES string of the molecule is O=S(=O)(O)CCCc1ccc(Nc2ncc3c(n2)-c2ccccc2[C@@H](c2ccccc2Cl)C3)cc1. The van der Waals surface area contributed by atoms with Crippen molar-refractivity contribution in [1.82, 2.24) is 9.97 Å². The van der Waals surface area contributed by atoms with Crippen molar-refractivity contribution in [3.63, 3.8) is 0 Å². The predicted molar refractivity (Wildman–Crippen MR) is 139 cm³/mol. The maximum Gasteiger partial charge on any atom is 0.264 e. The molecule has 0 radical (unpaired) electrons. The van der Waals surface area contributed by atoms with E-state index in [0.29, 0.717) is 18.8 Å². The Balaban J connectivity index is 1.37. The van der Waals surface area contributed by atoms with Crippen LogP contribution in [0.3, 0.4) is 0 Å². The average molecular weight is 506 g/mol. The van der Waals surface area contributed by atoms with Crippen LogP contribution in [0, 0.1) is 0 Å². The van der Waals surface area contributed by atoms with Crippen LogP contribution in [0.4, 0.5) is 11.6 Å². The molecule has 178 valence electrons. The Bertz CT molecular complexity index is 1470. The Kier molecular flexibility index (Phi) is 6.56. The Morgan fingerprint density at radius 1 is 0.971 bits per heavy atom. The Labute approximate surface area is 209 Å². The molecule has 5 rings (SSSR count). The summed E-state index contributed by atoms with van der Waals surface area (Å²) in [4.78, 5) is 9.41. The molecule has 1 heterocycles. The number of fused-ring (bicyclic) bond motifs is 3. The van der Waals surface area contributed by atoms with E-state index in [1.807, 2.05) is 60.8 Å². The second-order valence-corrected chi connectivity index (χ2v) is 10.6. The van der Waals surface area contributed by atoms with Crippen molar-refractivity contribution in [2.75, 3.05) is 11.1 Å². The number of halogens is 1. The standard InChI is InChI=1S/C27H24ClN3O3S/c28-25-10-4-3-8-22(25)24-16-19-17-29-27(31-26(19)23-9-2-1-7-21(23)24)30-20-13-11-18(12-14-20)6-5-15-35(32,33)34/h1-4,7-14,17,24H,5-6,15-16H2,(H,29,30,31)(H,32,33,34)/t24-/m0/s1. The molecule has 1 aliphatic rings. The van der Waals surface area contributed by atoms with Crippen LogP contribution in [0.15, 0.2) is 79.0 Å². The molecule has 0 unspecified atom stereocenters. The van der Waals surface area contributed by atoms with E-state index in [-0.39, 0.29) is 11.7 Å². The number of hydrogen-bond acceptors (Lipinski definition) is 5. The third-order valence-electron chi connectivity index (χ3n) is 6.24. The summed E-state index contributed by atoms with van der Waals surface area (Å²) in [5.41, 5.74) is 7.21. The minimum atomic E-state index is -3.93. The van der Waals surface area contributed by atoms with Gasteiger partial charge in [0.05, 0.1) is 11.4 Å². The quantitative estimate of drug-likeness (QED) is 0.297. The number of aromatic nitrogens is 2. The molecule has 0 fully saturated rings. The number of aryl methyl sites for hydroxylation is 1. The highest BCUT2D eigenvalue weighted by atomic mass is 35.5. The van der Waals surface area contributed by atoms with Crippen LogP contribution in [0.5, 0.6) is 0 Å². The fraction of sp³-hybridized carbons (Fsp3) is 0.185. The summed E-state index contributed by atoms with van der Waals surface area (Å²) in [6.07, 6.45) is 3.59. The zero-order chi connectivity index (χ0) is 24.4. The third kappa shape index (κ3) is 5.37. The molecule has 6 nitrogen and oxygen atoms in total. The fourth-order valence-electron chi connectivity index (χ4n) is 4.57. The van der Waals surface area contributed by atoms with Gasteiger partial charge in [0.25, 0.3) is 10.1 Å². The summed E-state index contributed by atoms with van der Waals surface area (Å²) in [5, 5.41) is 4.03. The van der Waals surface area contributed by atoms with Crippen molar-refractivity contribution < 1.29 is 13.0 Å². The summed E-state index contributed by atoms with van der Waals surface area (Å²) in [6, 6.07) is 23.9. The normalized spacial score (nSPS) is 14.7. The third-order valence-corrected chi connectivity index (χ3v) is 7.39. The van der Waals surface area contributed by atoms with Crippen LogP contribution in [-0.2, 0) is 23.0 Å². The van der Waals surface area contributed by atoms with Gasteiger partial charge in [0.15, 0.2) is 0 Å². The zero-order valence-electron chi connectivity index (χ0n) is 18.9. The molecule has 0 aliphatic heterocycles. The molecule has 0 saturated heterocycles. The van der Waals surface area contributed by atoms with Gasteiger partial charge in [0.1, 0.15) is 0 Å². The molecule has 0 spiro atoms. The maximum absolute atomic E-state index is 10.9. The van der Waals surface area contributed by atoms with E-state index in [1.165, 1.54) is 5.56 Å². The molecular formula is C27H24ClN3O3S. The zero-order valence-corrected chi connectivity index (χ0v) is 20.4. The van der Waals surface area contributed by atoms with E-state index in [2.05, 4.69) is 28.5 Å². The van der Waals surface area contributed by atoms with E-state index in [4.69, 9.17) is 21.1 Å². The van der Waals surface area contributed by atoms with Crippen molar-refractivity contribution >= 4 is 33.4 Å². The Morgan fingerprint density at radius 3 is 2.43 bits per heavy atom. The van der Waals surface area contributed by atoms with Crippen molar-refractivity contribution in [2.45, 2.75) is 25.2 Å². The van der Waals surface area contributed by atoms with Crippen LogP contribution in [0.25, 0.3) is 11.3 Å². The molecule has 2 N–H and O–H groups in total. The summed E-state index contributed by atoms with van der Waals surface area (Å²) in [6.45, 7) is 0. The number of rotatable bonds is 7. The first-order valence-electron chi connectivity index (χ1n) is 11.4. The minimum absolute atomic E-state index is 0.142. The topological polar surface area (TPSA) is 92.2 Å². The first-order valence-corrected chi connectivity index (χ1v) is 13.4. The van der Waals surface area contributed by atoms with Crippen LogP contribution < -0.4 is 5.32 Å². The van der Waals surface area contributed by atoms with Crippen molar-refractivity contribution in [3.05, 3.63) is 106 Å². The van der Waals surface area contributed by atoms with Crippen LogP contribution in [0.2, 0.25) is 5.02 Å². The van der Waals surface area contributed by atoms with E-state index >= 15 is 0 Å². The molecule has 35 heavy (non-hydrogen) atoms. The second kappa shape index (κ2) is 9.77. The highest BCUT2D eigenvalue weighted by Crippen LogP contribution is 2.43. The lowest BCUT2D eigenvalue weighted by molar-refractivity contribution is 0.481. The van der Waals surface area contributed by atoms with Crippen molar-refractivity contribution in [2.24, 2.45) is 0 Å². The van der Waals surface area contributed by atoms with E-state index in [1.54, 1.807) is 0 Å². The van der Waals surface area contributed by atoms with Gasteiger partial charge in [-0.2, -0.15) is 8.42 Å². The molecule has 1 aliphatic carbocycles. The lowest BCUT2D eigenvalue weighted by Crippen LogP contribution is -2.15. The van der Waals surface area contributed by atoms with Gasteiger partial charge in [0.2, 0.25) is 5.95 Å². The molecule has 0 bridgehead atoms. The molecule has 8 heteroatoms. The van der Waals surface area contributed by atoms with Crippen LogP contribution in [0.1, 0.15) is 34.6 Å². The Hall–Kier alpha value is -3.26. The van der Waals surface area contributed by atoms with Gasteiger partial charge >= 0.3 is 0 Å². The van der Waals surface area contributed by atoms with Gasteiger partial charge in [-0.15, -0.1) is 0 Å². The van der Waals surface area contributed by atoms with Gasteiger partial charge in [-0.3, -0.25) is 4.55 Å². The summed E-state index contributed by atoms with van der Waals surface area (Å²) in [7, 11) is -3.93. The largest absolute Gasteiger partial charge is 0.324 e. The molecule has 0 saturated carbocycles. The van der Waals surface area contributed by atoms with E-state index in [0.717, 1.165) is 45.1 Å². The number of nitrogens with zero attached hydrogens (tertiary/aromatic N) is 2. The molecule has 1 atom stereocenters. The molecule has 3 aromatic carbocycles. The maximum atomic E-state index is 10.9. The van der Waals surface area contributed by atoms with Crippen molar-refractivity contribution in [3.8, 4) is 11.3 Å². The molecule has 4 aromatic rings. The van der Waals surface area contributed by atoms with Crippen LogP contribution >= 0.6 is 11.6 Å². The summed E-state index contributed by atoms with van der Waals surface area (Å²) in [5.74, 6) is 0.409. The van der Waals surface area contributed by atoms with Crippen LogP contribution in [-0.4, -0.2) is 28.7 Å². The van der Waals surface area contributed by atoms with Gasteiger partial charge < -0.3 is 5.32 Å². The number of nitrogens with one attached hydrogen (secondary N) is 1. The number of hydrogen-bond donors (Lipinski definition) is 2. The van der Waals surface area contributed by atoms with E-state index < -0.39 is 10.1 Å². The fourth-order valence-corrected chi connectivity index (χ4v) is 5.35. The second-order valence-electron chi connectivity index (χ2n) is 8.64. The van der Waals surface area contributed by atoms with Gasteiger partial charge in [-0.05, 0) is 59.7 Å². The van der Waals surface area contributed by atoms with Gasteiger partial charge in [0, 0.05) is 28.4 Å². The summed E-state index contributed by atoms with van der Waals surface area (Å²) >= 11 is 6.55. The minimum Gasteiger partial charge on any atom is -0.324 e. The number of benzene rings is 3. The monoisotopic (exact) mass is 505 g/mol. The first-order chi connectivity index (χ1) is 16.9. The molecule has 1 aromatic heterocycles. The molecule has 0 amide bonds. The van der Waals surface area contributed by atoms with Gasteiger partial charge in [-0.25, -0.2) is 9.97 Å². The lowest BCUT2D eigenvalue weighted by Gasteiger charge is -2.28. The average Bonchev–Trinajstić information content (AvgIpc) is 2.84. The smallest absolute Gasteiger partial charge is 0.264 e. The van der Waals surface area contributed by atoms with E-state index in [9.17, 15) is 8.42 Å². The lowest BCUT2D eigenvalue weighted by atomic mass is 9.78. The highest BCUT2D eigenvalue weighted by molar-refractivity contribution is 7.85. The first kappa shape index (κ1) is 23.5. The van der Waals surface area contributed by atoms with Crippen molar-refractivity contribution in [1.29, 1.82) is 0 Å². The van der Waals surface area contributed by atoms with Gasteiger partial charge in [-0.1, -0.05) is 66.2 Å². The molecular weight excluding hydrogens is 482 g/mol. The number of anilines is 2. The predicted octanol–water partition coefficient (Wildman–Crippen LogP) is 6.05. The highest BCUT2D eigenvalue weighted by Gasteiger charge is 2.28. The summed E-state index contributed by atoms with van der Waals surface area (Å²) < 4.78 is 30.7. The Morgan fingerprint density at radius 2 is 1.69 bits per heavy atom.